The average molecular weight is 342 g/mol. The Kier molecular flexibility index (Phi) is 6.77. The molecule has 6 nitrogen and oxygen atoms in total. The van der Waals surface area contributed by atoms with E-state index in [2.05, 4.69) is 22.5 Å². The molecule has 0 saturated carbocycles. The van der Waals surface area contributed by atoms with E-state index in [0.29, 0.717) is 6.54 Å². The van der Waals surface area contributed by atoms with Gasteiger partial charge in [-0.05, 0) is 35.2 Å². The van der Waals surface area contributed by atoms with Gasteiger partial charge in [0, 0.05) is 26.8 Å². The number of pyridine rings is 1. The fourth-order valence-electron chi connectivity index (χ4n) is 2.43. The van der Waals surface area contributed by atoms with Crippen LogP contribution in [-0.4, -0.2) is 36.8 Å². The van der Waals surface area contributed by atoms with Gasteiger partial charge in [-0.1, -0.05) is 31.2 Å². The first-order valence-electron chi connectivity index (χ1n) is 8.39. The van der Waals surface area contributed by atoms with Crippen molar-refractivity contribution in [2.75, 3.05) is 25.6 Å². The molecule has 2 amide bonds. The molecule has 0 bridgehead atoms. The Hall–Kier alpha value is -2.60. The molecular formula is C19H26N4O2. The van der Waals surface area contributed by atoms with Crippen LogP contribution in [0.1, 0.15) is 29.7 Å². The zero-order chi connectivity index (χ0) is 18.2. The minimum Gasteiger partial charge on any atom is -0.394 e. The summed E-state index contributed by atoms with van der Waals surface area (Å²) in [6.07, 6.45) is 2.68. The van der Waals surface area contributed by atoms with E-state index in [0.717, 1.165) is 23.4 Å². The lowest BCUT2D eigenvalue weighted by atomic mass is 10.0. The van der Waals surface area contributed by atoms with Gasteiger partial charge < -0.3 is 20.6 Å². The second-order valence-corrected chi connectivity index (χ2v) is 6.07. The number of nitrogens with zero attached hydrogens (tertiary/aromatic N) is 2. The summed E-state index contributed by atoms with van der Waals surface area (Å²) in [4.78, 5) is 18.3. The van der Waals surface area contributed by atoms with E-state index in [1.165, 1.54) is 5.56 Å². The van der Waals surface area contributed by atoms with Gasteiger partial charge in [0.1, 0.15) is 5.82 Å². The molecule has 2 aromatic rings. The van der Waals surface area contributed by atoms with Gasteiger partial charge in [-0.15, -0.1) is 0 Å². The van der Waals surface area contributed by atoms with Crippen molar-refractivity contribution < 1.29 is 9.90 Å². The van der Waals surface area contributed by atoms with Crippen LogP contribution in [-0.2, 0) is 13.0 Å². The SMILES string of the molecule is CCc1ccc(C(CO)NC(=O)NCc2ccnc(N(C)C)c2)cc1. The van der Waals surface area contributed by atoms with Crippen molar-refractivity contribution in [2.24, 2.45) is 0 Å². The molecule has 0 fully saturated rings. The first-order valence-corrected chi connectivity index (χ1v) is 8.39. The van der Waals surface area contributed by atoms with E-state index < -0.39 is 6.04 Å². The Morgan fingerprint density at radius 3 is 2.52 bits per heavy atom. The van der Waals surface area contributed by atoms with Gasteiger partial charge in [0.25, 0.3) is 0 Å². The summed E-state index contributed by atoms with van der Waals surface area (Å²) in [6, 6.07) is 10.9. The number of hydrogen-bond acceptors (Lipinski definition) is 4. The summed E-state index contributed by atoms with van der Waals surface area (Å²) in [5, 5.41) is 15.2. The van der Waals surface area contributed by atoms with Crippen LogP contribution in [0.3, 0.4) is 0 Å². The van der Waals surface area contributed by atoms with Gasteiger partial charge in [0.05, 0.1) is 12.6 Å². The third-order valence-corrected chi connectivity index (χ3v) is 4.00. The molecule has 0 aliphatic rings. The topological polar surface area (TPSA) is 77.5 Å². The number of aliphatic hydroxyl groups excluding tert-OH is 1. The lowest BCUT2D eigenvalue weighted by Gasteiger charge is -2.18. The van der Waals surface area contributed by atoms with E-state index in [1.807, 2.05) is 55.4 Å². The highest BCUT2D eigenvalue weighted by atomic mass is 16.3. The molecule has 1 unspecified atom stereocenters. The average Bonchev–Trinajstić information content (AvgIpc) is 2.64. The van der Waals surface area contributed by atoms with Crippen molar-refractivity contribution in [3.8, 4) is 0 Å². The third kappa shape index (κ3) is 5.46. The summed E-state index contributed by atoms with van der Waals surface area (Å²) in [7, 11) is 3.84. The molecule has 0 saturated heterocycles. The molecule has 2 rings (SSSR count). The normalized spacial score (nSPS) is 11.7. The standard InChI is InChI=1S/C19H26N4O2/c1-4-14-5-7-16(8-6-14)17(13-24)22-19(25)21-12-15-9-10-20-18(11-15)23(2)3/h5-11,17,24H,4,12-13H2,1-3H3,(H2,21,22,25). The maximum atomic E-state index is 12.1. The predicted octanol–water partition coefficient (Wildman–Crippen LogP) is 2.24. The van der Waals surface area contributed by atoms with Crippen LogP contribution in [0.4, 0.5) is 10.6 Å². The Morgan fingerprint density at radius 2 is 1.92 bits per heavy atom. The first-order chi connectivity index (χ1) is 12.0. The molecule has 134 valence electrons. The minimum atomic E-state index is -0.430. The molecule has 0 radical (unpaired) electrons. The number of benzene rings is 1. The van der Waals surface area contributed by atoms with Crippen molar-refractivity contribution >= 4 is 11.8 Å². The van der Waals surface area contributed by atoms with E-state index in [9.17, 15) is 9.90 Å². The molecule has 25 heavy (non-hydrogen) atoms. The first kappa shape index (κ1) is 18.7. The van der Waals surface area contributed by atoms with Gasteiger partial charge in [-0.25, -0.2) is 9.78 Å². The van der Waals surface area contributed by atoms with Crippen molar-refractivity contribution in [3.05, 3.63) is 59.3 Å². The van der Waals surface area contributed by atoms with Gasteiger partial charge in [-0.3, -0.25) is 0 Å². The fourth-order valence-corrected chi connectivity index (χ4v) is 2.43. The molecule has 1 heterocycles. The Labute approximate surface area is 148 Å². The molecular weight excluding hydrogens is 316 g/mol. The fraction of sp³-hybridized carbons (Fsp3) is 0.368. The number of nitrogens with one attached hydrogen (secondary N) is 2. The molecule has 6 heteroatoms. The van der Waals surface area contributed by atoms with Crippen LogP contribution in [0.25, 0.3) is 0 Å². The zero-order valence-corrected chi connectivity index (χ0v) is 15.0. The molecule has 0 spiro atoms. The van der Waals surface area contributed by atoms with Crippen LogP contribution in [0.2, 0.25) is 0 Å². The summed E-state index contributed by atoms with van der Waals surface area (Å²) in [5.74, 6) is 0.837. The number of aromatic nitrogens is 1. The summed E-state index contributed by atoms with van der Waals surface area (Å²) < 4.78 is 0. The lowest BCUT2D eigenvalue weighted by Crippen LogP contribution is -2.38. The number of anilines is 1. The highest BCUT2D eigenvalue weighted by molar-refractivity contribution is 5.74. The highest BCUT2D eigenvalue weighted by Crippen LogP contribution is 2.14. The van der Waals surface area contributed by atoms with E-state index >= 15 is 0 Å². The second-order valence-electron chi connectivity index (χ2n) is 6.07. The van der Waals surface area contributed by atoms with Gasteiger partial charge in [-0.2, -0.15) is 0 Å². The number of hydrogen-bond donors (Lipinski definition) is 3. The van der Waals surface area contributed by atoms with Crippen LogP contribution in [0.5, 0.6) is 0 Å². The number of amides is 2. The largest absolute Gasteiger partial charge is 0.394 e. The van der Waals surface area contributed by atoms with Crippen LogP contribution in [0.15, 0.2) is 42.6 Å². The van der Waals surface area contributed by atoms with Crippen molar-refractivity contribution in [2.45, 2.75) is 25.9 Å². The van der Waals surface area contributed by atoms with Gasteiger partial charge in [0.15, 0.2) is 0 Å². The van der Waals surface area contributed by atoms with E-state index in [1.54, 1.807) is 6.20 Å². The van der Waals surface area contributed by atoms with Crippen LogP contribution in [0, 0.1) is 0 Å². The summed E-state index contributed by atoms with van der Waals surface area (Å²) in [6.45, 7) is 2.33. The quantitative estimate of drug-likeness (QED) is 0.721. The number of urea groups is 1. The number of aryl methyl sites for hydroxylation is 1. The zero-order valence-electron chi connectivity index (χ0n) is 15.0. The number of carbonyl (C=O) groups excluding carboxylic acids is 1. The summed E-state index contributed by atoms with van der Waals surface area (Å²) >= 11 is 0. The summed E-state index contributed by atoms with van der Waals surface area (Å²) in [5.41, 5.74) is 3.06. The predicted molar refractivity (Wildman–Crippen MR) is 99.6 cm³/mol. The Bertz CT molecular complexity index is 686. The van der Waals surface area contributed by atoms with Gasteiger partial charge in [0.2, 0.25) is 0 Å². The maximum absolute atomic E-state index is 12.1. The van der Waals surface area contributed by atoms with Gasteiger partial charge >= 0.3 is 6.03 Å². The Morgan fingerprint density at radius 1 is 1.20 bits per heavy atom. The molecule has 3 N–H and O–H groups in total. The Balaban J connectivity index is 1.92. The maximum Gasteiger partial charge on any atom is 0.315 e. The molecule has 0 aliphatic carbocycles. The molecule has 1 aromatic heterocycles. The monoisotopic (exact) mass is 342 g/mol. The smallest absolute Gasteiger partial charge is 0.315 e. The molecule has 0 aliphatic heterocycles. The van der Waals surface area contributed by atoms with Crippen molar-refractivity contribution in [3.63, 3.8) is 0 Å². The molecule has 1 atom stereocenters. The minimum absolute atomic E-state index is 0.154. The van der Waals surface area contributed by atoms with Crippen LogP contribution < -0.4 is 15.5 Å². The van der Waals surface area contributed by atoms with Crippen molar-refractivity contribution in [1.29, 1.82) is 0 Å². The third-order valence-electron chi connectivity index (χ3n) is 4.00. The number of aliphatic hydroxyl groups is 1. The van der Waals surface area contributed by atoms with E-state index in [-0.39, 0.29) is 12.6 Å². The molecule has 1 aromatic carbocycles. The van der Waals surface area contributed by atoms with E-state index in [4.69, 9.17) is 0 Å². The highest BCUT2D eigenvalue weighted by Gasteiger charge is 2.13. The second kappa shape index (κ2) is 9.03. The lowest BCUT2D eigenvalue weighted by molar-refractivity contribution is 0.216. The number of carbonyl (C=O) groups is 1. The van der Waals surface area contributed by atoms with Crippen molar-refractivity contribution in [1.82, 2.24) is 15.6 Å². The van der Waals surface area contributed by atoms with Crippen LogP contribution >= 0.6 is 0 Å². The number of rotatable bonds is 7.